The first-order chi connectivity index (χ1) is 5.86. The minimum atomic E-state index is -0.203. The largest absolute Gasteiger partial charge is 0.388 e. The lowest BCUT2D eigenvalue weighted by Crippen LogP contribution is -1.94. The van der Waals surface area contributed by atoms with Crippen molar-refractivity contribution < 1.29 is 5.11 Å². The van der Waals surface area contributed by atoms with Gasteiger partial charge in [0.1, 0.15) is 0 Å². The van der Waals surface area contributed by atoms with Crippen LogP contribution < -0.4 is 0 Å². The maximum absolute atomic E-state index is 9.70. The second-order valence-electron chi connectivity index (χ2n) is 3.55. The van der Waals surface area contributed by atoms with Crippen LogP contribution in [-0.2, 0) is 0 Å². The predicted molar refractivity (Wildman–Crippen MR) is 51.2 cm³/mol. The minimum absolute atomic E-state index is 0.203. The van der Waals surface area contributed by atoms with Crippen molar-refractivity contribution in [2.75, 3.05) is 0 Å². The number of hydrogen-bond donors (Lipinski definition) is 1. The summed E-state index contributed by atoms with van der Waals surface area (Å²) in [4.78, 5) is 1.12. The van der Waals surface area contributed by atoms with Crippen LogP contribution >= 0.6 is 11.3 Å². The zero-order valence-electron chi connectivity index (χ0n) is 7.07. The first-order valence-corrected chi connectivity index (χ1v) is 5.45. The Balaban J connectivity index is 1.79. The lowest BCUT2D eigenvalue weighted by atomic mass is 10.1. The van der Waals surface area contributed by atoms with Crippen molar-refractivity contribution in [2.24, 2.45) is 5.92 Å². The summed E-state index contributed by atoms with van der Waals surface area (Å²) in [6.45, 7) is 0. The molecule has 0 spiro atoms. The summed E-state index contributed by atoms with van der Waals surface area (Å²) in [5, 5.41) is 11.7. The standard InChI is InChI=1S/C10H14OS/c11-9(6-5-8-3-4-8)10-2-1-7-12-10/h1-2,7-9,11H,3-6H2. The number of aliphatic hydroxyl groups excluding tert-OH is 1. The fraction of sp³-hybridized carbons (Fsp3) is 0.600. The molecule has 1 atom stereocenters. The molecular formula is C10H14OS. The molecule has 1 saturated carbocycles. The van der Waals surface area contributed by atoms with Crippen LogP contribution in [0.1, 0.15) is 36.7 Å². The Labute approximate surface area is 77.0 Å². The molecule has 1 aromatic rings. The first kappa shape index (κ1) is 8.27. The highest BCUT2D eigenvalue weighted by molar-refractivity contribution is 7.10. The summed E-state index contributed by atoms with van der Waals surface area (Å²) in [7, 11) is 0. The Morgan fingerprint density at radius 3 is 3.00 bits per heavy atom. The van der Waals surface area contributed by atoms with Crippen LogP contribution in [0.15, 0.2) is 17.5 Å². The molecule has 1 nitrogen and oxygen atoms in total. The van der Waals surface area contributed by atoms with Gasteiger partial charge in [0.05, 0.1) is 6.10 Å². The summed E-state index contributed by atoms with van der Waals surface area (Å²) in [5.41, 5.74) is 0. The fourth-order valence-electron chi connectivity index (χ4n) is 1.42. The highest BCUT2D eigenvalue weighted by Crippen LogP contribution is 2.36. The average molecular weight is 182 g/mol. The summed E-state index contributed by atoms with van der Waals surface area (Å²) in [6, 6.07) is 4.02. The van der Waals surface area contributed by atoms with Crippen molar-refractivity contribution in [2.45, 2.75) is 31.8 Å². The third-order valence-corrected chi connectivity index (χ3v) is 3.39. The summed E-state index contributed by atoms with van der Waals surface area (Å²) in [6.07, 6.45) is 4.73. The van der Waals surface area contributed by atoms with E-state index in [0.29, 0.717) is 0 Å². The molecule has 0 aliphatic heterocycles. The maximum Gasteiger partial charge on any atom is 0.0882 e. The molecule has 1 fully saturated rings. The van der Waals surface area contributed by atoms with Crippen LogP contribution in [-0.4, -0.2) is 5.11 Å². The van der Waals surface area contributed by atoms with Crippen molar-refractivity contribution in [3.63, 3.8) is 0 Å². The molecule has 1 heterocycles. The highest BCUT2D eigenvalue weighted by atomic mass is 32.1. The summed E-state index contributed by atoms with van der Waals surface area (Å²) < 4.78 is 0. The molecule has 0 aromatic carbocycles. The normalized spacial score (nSPS) is 19.4. The van der Waals surface area contributed by atoms with Crippen LogP contribution in [0.4, 0.5) is 0 Å². The van der Waals surface area contributed by atoms with Crippen molar-refractivity contribution in [3.05, 3.63) is 22.4 Å². The molecule has 1 N–H and O–H groups in total. The van der Waals surface area contributed by atoms with Crippen LogP contribution in [0.3, 0.4) is 0 Å². The van der Waals surface area contributed by atoms with E-state index in [1.165, 1.54) is 19.3 Å². The number of aliphatic hydroxyl groups is 1. The van der Waals surface area contributed by atoms with Crippen LogP contribution in [0, 0.1) is 5.92 Å². The van der Waals surface area contributed by atoms with Crippen molar-refractivity contribution >= 4 is 11.3 Å². The molecule has 1 aromatic heterocycles. The molecule has 0 bridgehead atoms. The van der Waals surface area contributed by atoms with E-state index in [-0.39, 0.29) is 6.10 Å². The minimum Gasteiger partial charge on any atom is -0.388 e. The zero-order valence-corrected chi connectivity index (χ0v) is 7.89. The van der Waals surface area contributed by atoms with E-state index in [2.05, 4.69) is 0 Å². The van der Waals surface area contributed by atoms with E-state index in [1.807, 2.05) is 17.5 Å². The monoisotopic (exact) mass is 182 g/mol. The van der Waals surface area contributed by atoms with Gasteiger partial charge in [-0.1, -0.05) is 18.9 Å². The summed E-state index contributed by atoms with van der Waals surface area (Å²) >= 11 is 1.65. The Kier molecular flexibility index (Phi) is 2.47. The third kappa shape index (κ3) is 2.08. The molecule has 2 rings (SSSR count). The predicted octanol–water partition coefficient (Wildman–Crippen LogP) is 2.97. The topological polar surface area (TPSA) is 20.2 Å². The van der Waals surface area contributed by atoms with Gasteiger partial charge in [-0.3, -0.25) is 0 Å². The summed E-state index contributed by atoms with van der Waals surface area (Å²) in [5.74, 6) is 0.930. The molecule has 0 amide bonds. The molecule has 66 valence electrons. The molecule has 2 heteroatoms. The van der Waals surface area contributed by atoms with Gasteiger partial charge in [0, 0.05) is 4.88 Å². The van der Waals surface area contributed by atoms with Gasteiger partial charge >= 0.3 is 0 Å². The van der Waals surface area contributed by atoms with Crippen LogP contribution in [0.25, 0.3) is 0 Å². The smallest absolute Gasteiger partial charge is 0.0882 e. The molecule has 0 radical (unpaired) electrons. The van der Waals surface area contributed by atoms with E-state index in [1.54, 1.807) is 11.3 Å². The van der Waals surface area contributed by atoms with Gasteiger partial charge in [-0.05, 0) is 30.2 Å². The second kappa shape index (κ2) is 3.58. The van der Waals surface area contributed by atoms with Gasteiger partial charge in [0.25, 0.3) is 0 Å². The second-order valence-corrected chi connectivity index (χ2v) is 4.53. The lowest BCUT2D eigenvalue weighted by Gasteiger charge is -2.06. The van der Waals surface area contributed by atoms with Gasteiger partial charge in [0.2, 0.25) is 0 Å². The van der Waals surface area contributed by atoms with E-state index in [0.717, 1.165) is 17.2 Å². The average Bonchev–Trinajstić information content (AvgIpc) is 2.74. The molecule has 1 aliphatic carbocycles. The number of rotatable bonds is 4. The van der Waals surface area contributed by atoms with Gasteiger partial charge in [-0.15, -0.1) is 11.3 Å². The Morgan fingerprint density at radius 1 is 1.58 bits per heavy atom. The SMILES string of the molecule is OC(CCC1CC1)c1cccs1. The molecule has 1 unspecified atom stereocenters. The molecule has 12 heavy (non-hydrogen) atoms. The van der Waals surface area contributed by atoms with Crippen molar-refractivity contribution in [3.8, 4) is 0 Å². The Morgan fingerprint density at radius 2 is 2.42 bits per heavy atom. The maximum atomic E-state index is 9.70. The Bertz CT molecular complexity index is 226. The van der Waals surface area contributed by atoms with E-state index in [9.17, 15) is 5.11 Å². The van der Waals surface area contributed by atoms with E-state index < -0.39 is 0 Å². The first-order valence-electron chi connectivity index (χ1n) is 4.58. The third-order valence-electron chi connectivity index (χ3n) is 2.42. The Hall–Kier alpha value is -0.340. The van der Waals surface area contributed by atoms with Gasteiger partial charge in [-0.25, -0.2) is 0 Å². The van der Waals surface area contributed by atoms with Crippen LogP contribution in [0.5, 0.6) is 0 Å². The van der Waals surface area contributed by atoms with Crippen molar-refractivity contribution in [1.82, 2.24) is 0 Å². The van der Waals surface area contributed by atoms with Crippen LogP contribution in [0.2, 0.25) is 0 Å². The lowest BCUT2D eigenvalue weighted by molar-refractivity contribution is 0.166. The molecular weight excluding hydrogens is 168 g/mol. The number of thiophene rings is 1. The van der Waals surface area contributed by atoms with E-state index in [4.69, 9.17) is 0 Å². The van der Waals surface area contributed by atoms with Crippen molar-refractivity contribution in [1.29, 1.82) is 0 Å². The van der Waals surface area contributed by atoms with Gasteiger partial charge in [-0.2, -0.15) is 0 Å². The van der Waals surface area contributed by atoms with E-state index >= 15 is 0 Å². The molecule has 1 aliphatic rings. The molecule has 0 saturated heterocycles. The van der Waals surface area contributed by atoms with Gasteiger partial charge in [0.15, 0.2) is 0 Å². The quantitative estimate of drug-likeness (QED) is 0.759. The highest BCUT2D eigenvalue weighted by Gasteiger charge is 2.22. The number of hydrogen-bond acceptors (Lipinski definition) is 2. The fourth-order valence-corrected chi connectivity index (χ4v) is 2.17. The van der Waals surface area contributed by atoms with Gasteiger partial charge < -0.3 is 5.11 Å². The zero-order chi connectivity index (χ0) is 8.39.